The predicted molar refractivity (Wildman–Crippen MR) is 102 cm³/mol. The summed E-state index contributed by atoms with van der Waals surface area (Å²) in [6.45, 7) is 8.39. The average Bonchev–Trinajstić information content (AvgIpc) is 3.00. The Morgan fingerprint density at radius 3 is 2.44 bits per heavy atom. The maximum atomic E-state index is 12.8. The Labute approximate surface area is 159 Å². The van der Waals surface area contributed by atoms with E-state index in [4.69, 9.17) is 0 Å². The van der Waals surface area contributed by atoms with Gasteiger partial charge in [0.15, 0.2) is 5.78 Å². The lowest BCUT2D eigenvalue weighted by Crippen LogP contribution is -2.35. The number of aromatic nitrogens is 1. The van der Waals surface area contributed by atoms with E-state index in [1.165, 1.54) is 12.1 Å². The molecule has 0 saturated heterocycles. The number of hydrogen-bond acceptors (Lipinski definition) is 4. The summed E-state index contributed by atoms with van der Waals surface area (Å²) in [6, 6.07) is 7.82. The normalized spacial score (nSPS) is 15.4. The molecule has 0 atom stereocenters. The first-order chi connectivity index (χ1) is 12.6. The van der Waals surface area contributed by atoms with Crippen molar-refractivity contribution in [2.45, 2.75) is 45.6 Å². The summed E-state index contributed by atoms with van der Waals surface area (Å²) in [5, 5.41) is 0. The summed E-state index contributed by atoms with van der Waals surface area (Å²) in [7, 11) is -3.98. The van der Waals surface area contributed by atoms with Gasteiger partial charge in [-0.15, -0.1) is 0 Å². The van der Waals surface area contributed by atoms with Gasteiger partial charge in [-0.3, -0.25) is 9.59 Å². The summed E-state index contributed by atoms with van der Waals surface area (Å²) in [6.07, 6.45) is 0.984. The quantitative estimate of drug-likeness (QED) is 0.712. The van der Waals surface area contributed by atoms with E-state index in [-0.39, 0.29) is 16.2 Å². The second kappa shape index (κ2) is 6.96. The zero-order chi connectivity index (χ0) is 19.9. The van der Waals surface area contributed by atoms with Crippen LogP contribution >= 0.6 is 0 Å². The van der Waals surface area contributed by atoms with Gasteiger partial charge in [-0.05, 0) is 44.4 Å². The number of sulfonamides is 1. The smallest absolute Gasteiger partial charge is 0.269 e. The molecular formula is C20H24N2O4S. The SMILES string of the molecule is Cc1cc(C(=O)CN2C(=O)c3ccccc3S2(=O)=O)c(C)n1CCC(C)C. The van der Waals surface area contributed by atoms with E-state index in [1.54, 1.807) is 18.2 Å². The van der Waals surface area contributed by atoms with Gasteiger partial charge in [-0.1, -0.05) is 26.0 Å². The fraction of sp³-hybridized carbons (Fsp3) is 0.400. The Balaban J connectivity index is 1.87. The Kier molecular flexibility index (Phi) is 4.99. The zero-order valence-corrected chi connectivity index (χ0v) is 16.8. The highest BCUT2D eigenvalue weighted by Crippen LogP contribution is 2.30. The molecule has 0 N–H and O–H groups in total. The Morgan fingerprint density at radius 1 is 1.15 bits per heavy atom. The standard InChI is InChI=1S/C20H24N2O4S/c1-13(2)9-10-21-14(3)11-17(15(21)4)18(23)12-22-20(24)16-7-5-6-8-19(16)27(22,25)26/h5-8,11,13H,9-10,12H2,1-4H3. The van der Waals surface area contributed by atoms with E-state index in [0.29, 0.717) is 15.8 Å². The summed E-state index contributed by atoms with van der Waals surface area (Å²) in [4.78, 5) is 25.3. The van der Waals surface area contributed by atoms with Crippen LogP contribution in [0.2, 0.25) is 0 Å². The average molecular weight is 388 g/mol. The largest absolute Gasteiger partial charge is 0.348 e. The van der Waals surface area contributed by atoms with Gasteiger partial charge >= 0.3 is 0 Å². The van der Waals surface area contributed by atoms with Crippen LogP contribution in [0, 0.1) is 19.8 Å². The van der Waals surface area contributed by atoms with Crippen LogP contribution in [-0.2, 0) is 16.6 Å². The molecule has 1 aromatic heterocycles. The maximum absolute atomic E-state index is 12.8. The molecule has 2 aromatic rings. The molecule has 0 bridgehead atoms. The van der Waals surface area contributed by atoms with Gasteiger partial charge in [0.1, 0.15) is 11.4 Å². The molecule has 0 radical (unpaired) electrons. The lowest BCUT2D eigenvalue weighted by Gasteiger charge is -2.14. The second-order valence-electron chi connectivity index (χ2n) is 7.36. The third-order valence-electron chi connectivity index (χ3n) is 5.00. The molecule has 1 aliphatic heterocycles. The number of carbonyl (C=O) groups excluding carboxylic acids is 2. The minimum Gasteiger partial charge on any atom is -0.348 e. The van der Waals surface area contributed by atoms with Crippen LogP contribution in [0.25, 0.3) is 0 Å². The number of Topliss-reactive ketones (excluding diaryl/α,β-unsaturated/α-hetero) is 1. The van der Waals surface area contributed by atoms with Crippen LogP contribution < -0.4 is 0 Å². The summed E-state index contributed by atoms with van der Waals surface area (Å²) in [5.74, 6) is -0.479. The molecule has 1 amide bonds. The molecule has 0 fully saturated rings. The van der Waals surface area contributed by atoms with Crippen molar-refractivity contribution in [2.75, 3.05) is 6.54 Å². The minimum absolute atomic E-state index is 0.0368. The third kappa shape index (κ3) is 3.32. The van der Waals surface area contributed by atoms with E-state index in [2.05, 4.69) is 18.4 Å². The van der Waals surface area contributed by atoms with Gasteiger partial charge in [0.05, 0.1) is 5.56 Å². The highest BCUT2D eigenvalue weighted by molar-refractivity contribution is 7.90. The highest BCUT2D eigenvalue weighted by atomic mass is 32.2. The van der Waals surface area contributed by atoms with Gasteiger partial charge in [-0.2, -0.15) is 0 Å². The molecule has 6 nitrogen and oxygen atoms in total. The number of aryl methyl sites for hydroxylation is 1. The van der Waals surface area contributed by atoms with E-state index in [9.17, 15) is 18.0 Å². The van der Waals surface area contributed by atoms with Crippen LogP contribution in [0.15, 0.2) is 35.2 Å². The second-order valence-corrected chi connectivity index (χ2v) is 9.19. The molecular weight excluding hydrogens is 364 g/mol. The van der Waals surface area contributed by atoms with Crippen LogP contribution in [0.5, 0.6) is 0 Å². The first kappa shape index (κ1) is 19.4. The molecule has 3 rings (SSSR count). The molecule has 7 heteroatoms. The number of carbonyl (C=O) groups is 2. The maximum Gasteiger partial charge on any atom is 0.269 e. The number of fused-ring (bicyclic) bond motifs is 1. The highest BCUT2D eigenvalue weighted by Gasteiger charge is 2.42. The summed E-state index contributed by atoms with van der Waals surface area (Å²) >= 11 is 0. The molecule has 27 heavy (non-hydrogen) atoms. The van der Waals surface area contributed by atoms with Crippen molar-refractivity contribution in [3.63, 3.8) is 0 Å². The summed E-state index contributed by atoms with van der Waals surface area (Å²) < 4.78 is 28.0. The van der Waals surface area contributed by atoms with E-state index < -0.39 is 22.5 Å². The van der Waals surface area contributed by atoms with Gasteiger partial charge in [0.2, 0.25) is 0 Å². The van der Waals surface area contributed by atoms with E-state index >= 15 is 0 Å². The van der Waals surface area contributed by atoms with E-state index in [0.717, 1.165) is 24.4 Å². The molecule has 0 aliphatic carbocycles. The van der Waals surface area contributed by atoms with Crippen LogP contribution in [-0.4, -0.2) is 35.5 Å². The minimum atomic E-state index is -3.98. The Hall–Kier alpha value is -2.41. The molecule has 2 heterocycles. The lowest BCUT2D eigenvalue weighted by molar-refractivity contribution is 0.0820. The zero-order valence-electron chi connectivity index (χ0n) is 16.0. The van der Waals surface area contributed by atoms with Gasteiger partial charge in [-0.25, -0.2) is 12.7 Å². The Bertz CT molecular complexity index is 1020. The monoisotopic (exact) mass is 388 g/mol. The molecule has 144 valence electrons. The van der Waals surface area contributed by atoms with Crippen molar-refractivity contribution in [1.82, 2.24) is 8.87 Å². The molecule has 0 saturated carbocycles. The van der Waals surface area contributed by atoms with Crippen molar-refractivity contribution in [3.8, 4) is 0 Å². The number of rotatable bonds is 6. The molecule has 0 unspecified atom stereocenters. The third-order valence-corrected chi connectivity index (χ3v) is 6.79. The number of benzene rings is 1. The molecule has 1 aliphatic rings. The van der Waals surface area contributed by atoms with Crippen LogP contribution in [0.3, 0.4) is 0 Å². The number of hydrogen-bond donors (Lipinski definition) is 0. The van der Waals surface area contributed by atoms with Gasteiger partial charge in [0.25, 0.3) is 15.9 Å². The van der Waals surface area contributed by atoms with Crippen molar-refractivity contribution < 1.29 is 18.0 Å². The topological polar surface area (TPSA) is 76.5 Å². The van der Waals surface area contributed by atoms with E-state index in [1.807, 2.05) is 13.8 Å². The number of ketones is 1. The van der Waals surface area contributed by atoms with Gasteiger partial charge in [0, 0.05) is 23.5 Å². The van der Waals surface area contributed by atoms with Crippen molar-refractivity contribution in [3.05, 3.63) is 52.8 Å². The van der Waals surface area contributed by atoms with Crippen LogP contribution in [0.1, 0.15) is 52.4 Å². The predicted octanol–water partition coefficient (Wildman–Crippen LogP) is 3.18. The van der Waals surface area contributed by atoms with Crippen molar-refractivity contribution >= 4 is 21.7 Å². The lowest BCUT2D eigenvalue weighted by atomic mass is 10.1. The van der Waals surface area contributed by atoms with Crippen molar-refractivity contribution in [1.29, 1.82) is 0 Å². The molecule has 1 aromatic carbocycles. The van der Waals surface area contributed by atoms with Crippen molar-refractivity contribution in [2.24, 2.45) is 5.92 Å². The first-order valence-corrected chi connectivity index (χ1v) is 10.4. The fourth-order valence-electron chi connectivity index (χ4n) is 3.42. The number of nitrogens with zero attached hydrogens (tertiary/aromatic N) is 2. The fourth-order valence-corrected chi connectivity index (χ4v) is 4.94. The molecule has 0 spiro atoms. The number of amides is 1. The Morgan fingerprint density at radius 2 is 1.81 bits per heavy atom. The first-order valence-electron chi connectivity index (χ1n) is 9.00. The van der Waals surface area contributed by atoms with Crippen LogP contribution in [0.4, 0.5) is 0 Å². The van der Waals surface area contributed by atoms with Gasteiger partial charge < -0.3 is 4.57 Å². The summed E-state index contributed by atoms with van der Waals surface area (Å²) in [5.41, 5.74) is 2.35.